The summed E-state index contributed by atoms with van der Waals surface area (Å²) in [5.74, 6) is -0.864. The fourth-order valence-electron chi connectivity index (χ4n) is 4.42. The lowest BCUT2D eigenvalue weighted by molar-refractivity contribution is -0.148. The fraction of sp³-hybridized carbons (Fsp3) is 0.846. The normalized spacial score (nSPS) is 11.2. The summed E-state index contributed by atoms with van der Waals surface area (Å²) in [7, 11) is 1.72. The van der Waals surface area contributed by atoms with Crippen LogP contribution in [0.2, 0.25) is 0 Å². The number of nitrogens with one attached hydrogen (secondary N) is 2. The van der Waals surface area contributed by atoms with Crippen molar-refractivity contribution in [1.29, 1.82) is 0 Å². The molecule has 0 aliphatic carbocycles. The Hall–Kier alpha value is -2.20. The molecule has 0 atom stereocenters. The minimum atomic E-state index is -0.392. The van der Waals surface area contributed by atoms with Crippen molar-refractivity contribution in [2.24, 2.45) is 5.41 Å². The molecule has 0 aromatic rings. The lowest BCUT2D eigenvalue weighted by Gasteiger charge is -2.34. The zero-order valence-electron chi connectivity index (χ0n) is 23.8. The third kappa shape index (κ3) is 12.2. The molecule has 210 valence electrons. The summed E-state index contributed by atoms with van der Waals surface area (Å²) in [5.41, 5.74) is -0.286. The van der Waals surface area contributed by atoms with E-state index >= 15 is 0 Å². The summed E-state index contributed by atoms with van der Waals surface area (Å²) in [4.78, 5) is 55.2. The zero-order valence-corrected chi connectivity index (χ0v) is 23.8. The Balaban J connectivity index is 5.45. The van der Waals surface area contributed by atoms with E-state index in [9.17, 15) is 19.2 Å². The average Bonchev–Trinajstić information content (AvgIpc) is 2.84. The minimum absolute atomic E-state index is 0.0823. The summed E-state index contributed by atoms with van der Waals surface area (Å²) in [5, 5.41) is 5.83. The predicted molar refractivity (Wildman–Crippen MR) is 142 cm³/mol. The third-order valence-electron chi connectivity index (χ3n) is 6.43. The summed E-state index contributed by atoms with van der Waals surface area (Å²) >= 11 is 0. The maximum Gasteiger partial charge on any atom is 0.249 e. The van der Waals surface area contributed by atoms with Crippen LogP contribution in [0.1, 0.15) is 67.2 Å². The molecule has 0 aliphatic rings. The Morgan fingerprint density at radius 1 is 0.722 bits per heavy atom. The highest BCUT2D eigenvalue weighted by Gasteiger charge is 2.31. The quantitative estimate of drug-likeness (QED) is 0.255. The zero-order chi connectivity index (χ0) is 27.6. The van der Waals surface area contributed by atoms with Crippen LogP contribution in [-0.4, -0.2) is 111 Å². The standard InChI is InChI=1S/C26H51N5O5/c1-8-14-26(15-9-2,20-28-22(32)16-27-7)21-36-19-25(35)31(17-23(33)29(10-3)11-4)18-24(34)30(12-5)13-6/h27H,8-21H2,1-7H3,(H,28,32). The van der Waals surface area contributed by atoms with Crippen LogP contribution in [0, 0.1) is 5.41 Å². The molecule has 0 aromatic carbocycles. The molecule has 0 radical (unpaired) electrons. The molecule has 10 heteroatoms. The molecule has 4 amide bonds. The van der Waals surface area contributed by atoms with Gasteiger partial charge < -0.3 is 30.1 Å². The summed E-state index contributed by atoms with van der Waals surface area (Å²) in [6, 6.07) is 0. The molecule has 10 nitrogen and oxygen atoms in total. The van der Waals surface area contributed by atoms with Gasteiger partial charge in [-0.15, -0.1) is 0 Å². The van der Waals surface area contributed by atoms with Crippen LogP contribution in [0.3, 0.4) is 0 Å². The molecular formula is C26H51N5O5. The van der Waals surface area contributed by atoms with E-state index in [0.717, 1.165) is 25.7 Å². The van der Waals surface area contributed by atoms with E-state index in [0.29, 0.717) is 39.3 Å². The number of carbonyl (C=O) groups excluding carboxylic acids is 4. The van der Waals surface area contributed by atoms with Crippen LogP contribution >= 0.6 is 0 Å². The summed E-state index contributed by atoms with van der Waals surface area (Å²) < 4.78 is 5.92. The van der Waals surface area contributed by atoms with Gasteiger partial charge in [-0.05, 0) is 47.6 Å². The van der Waals surface area contributed by atoms with Gasteiger partial charge in [0.1, 0.15) is 19.7 Å². The number of rotatable bonds is 20. The molecule has 0 unspecified atom stereocenters. The number of hydrogen-bond acceptors (Lipinski definition) is 6. The third-order valence-corrected chi connectivity index (χ3v) is 6.43. The summed E-state index contributed by atoms with van der Waals surface area (Å²) in [6.07, 6.45) is 3.53. The Labute approximate surface area is 218 Å². The SMILES string of the molecule is CCCC(CCC)(CNC(=O)CNC)COCC(=O)N(CC(=O)N(CC)CC)CC(=O)N(CC)CC. The van der Waals surface area contributed by atoms with E-state index in [-0.39, 0.29) is 49.4 Å². The van der Waals surface area contributed by atoms with Gasteiger partial charge >= 0.3 is 0 Å². The number of carbonyl (C=O) groups is 4. The van der Waals surface area contributed by atoms with Crippen LogP contribution in [0.4, 0.5) is 0 Å². The fourth-order valence-corrected chi connectivity index (χ4v) is 4.42. The van der Waals surface area contributed by atoms with Crippen molar-refractivity contribution >= 4 is 23.6 Å². The molecule has 0 saturated heterocycles. The van der Waals surface area contributed by atoms with Gasteiger partial charge in [0, 0.05) is 38.1 Å². The van der Waals surface area contributed by atoms with Gasteiger partial charge in [0.05, 0.1) is 13.2 Å². The lowest BCUT2D eigenvalue weighted by atomic mass is 9.80. The number of hydrogen-bond donors (Lipinski definition) is 2. The molecular weight excluding hydrogens is 462 g/mol. The first-order chi connectivity index (χ1) is 17.2. The van der Waals surface area contributed by atoms with Gasteiger partial charge in [0.15, 0.2) is 0 Å². The lowest BCUT2D eigenvalue weighted by Crippen LogP contribution is -2.49. The maximum atomic E-state index is 13.1. The highest BCUT2D eigenvalue weighted by Crippen LogP contribution is 2.30. The Kier molecular flexibility index (Phi) is 17.8. The molecule has 0 aliphatic heterocycles. The molecule has 0 bridgehead atoms. The topological polar surface area (TPSA) is 111 Å². The van der Waals surface area contributed by atoms with E-state index in [1.165, 1.54) is 4.90 Å². The highest BCUT2D eigenvalue weighted by molar-refractivity contribution is 5.89. The van der Waals surface area contributed by atoms with Crippen molar-refractivity contribution in [2.75, 3.05) is 72.6 Å². The second-order valence-electron chi connectivity index (χ2n) is 9.18. The second-order valence-corrected chi connectivity index (χ2v) is 9.18. The molecule has 36 heavy (non-hydrogen) atoms. The molecule has 0 aromatic heterocycles. The first-order valence-electron chi connectivity index (χ1n) is 13.5. The monoisotopic (exact) mass is 513 g/mol. The van der Waals surface area contributed by atoms with Crippen LogP contribution in [0.5, 0.6) is 0 Å². The predicted octanol–water partition coefficient (Wildman–Crippen LogP) is 1.49. The first kappa shape index (κ1) is 33.8. The average molecular weight is 514 g/mol. The van der Waals surface area contributed by atoms with Crippen LogP contribution in [-0.2, 0) is 23.9 Å². The second kappa shape index (κ2) is 19.0. The van der Waals surface area contributed by atoms with E-state index in [1.54, 1.807) is 16.8 Å². The minimum Gasteiger partial charge on any atom is -0.371 e. The number of ether oxygens (including phenoxy) is 1. The largest absolute Gasteiger partial charge is 0.371 e. The van der Waals surface area contributed by atoms with Crippen LogP contribution in [0.25, 0.3) is 0 Å². The molecule has 0 spiro atoms. The maximum absolute atomic E-state index is 13.1. The van der Waals surface area contributed by atoms with E-state index in [1.807, 2.05) is 27.7 Å². The van der Waals surface area contributed by atoms with E-state index < -0.39 is 5.91 Å². The Morgan fingerprint density at radius 2 is 1.19 bits per heavy atom. The number of nitrogens with zero attached hydrogens (tertiary/aromatic N) is 3. The Morgan fingerprint density at radius 3 is 1.58 bits per heavy atom. The van der Waals surface area contributed by atoms with Crippen molar-refractivity contribution in [3.05, 3.63) is 0 Å². The number of likely N-dealkylation sites (N-methyl/N-ethyl adjacent to an activating group) is 3. The van der Waals surface area contributed by atoms with Gasteiger partial charge in [0.2, 0.25) is 23.6 Å². The summed E-state index contributed by atoms with van der Waals surface area (Å²) in [6.45, 7) is 14.3. The first-order valence-corrected chi connectivity index (χ1v) is 13.5. The molecule has 0 fully saturated rings. The molecule has 0 rings (SSSR count). The van der Waals surface area contributed by atoms with Gasteiger partial charge in [-0.1, -0.05) is 26.7 Å². The molecule has 0 saturated carbocycles. The smallest absolute Gasteiger partial charge is 0.249 e. The van der Waals surface area contributed by atoms with E-state index in [4.69, 9.17) is 4.74 Å². The van der Waals surface area contributed by atoms with Crippen molar-refractivity contribution in [3.8, 4) is 0 Å². The van der Waals surface area contributed by atoms with Gasteiger partial charge in [-0.2, -0.15) is 0 Å². The highest BCUT2D eigenvalue weighted by atomic mass is 16.5. The van der Waals surface area contributed by atoms with Gasteiger partial charge in [-0.3, -0.25) is 19.2 Å². The van der Waals surface area contributed by atoms with Crippen molar-refractivity contribution < 1.29 is 23.9 Å². The van der Waals surface area contributed by atoms with Crippen molar-refractivity contribution in [3.63, 3.8) is 0 Å². The van der Waals surface area contributed by atoms with Gasteiger partial charge in [-0.25, -0.2) is 0 Å². The van der Waals surface area contributed by atoms with Crippen LogP contribution in [0.15, 0.2) is 0 Å². The molecule has 0 heterocycles. The molecule has 2 N–H and O–H groups in total. The van der Waals surface area contributed by atoms with E-state index in [2.05, 4.69) is 24.5 Å². The van der Waals surface area contributed by atoms with Crippen molar-refractivity contribution in [2.45, 2.75) is 67.2 Å². The Bertz CT molecular complexity index is 633. The van der Waals surface area contributed by atoms with Crippen molar-refractivity contribution in [1.82, 2.24) is 25.3 Å². The van der Waals surface area contributed by atoms with Gasteiger partial charge in [0.25, 0.3) is 0 Å². The van der Waals surface area contributed by atoms with Crippen LogP contribution < -0.4 is 10.6 Å². The number of amides is 4.